The number of hydrogen-bond donors (Lipinski definition) is 1. The monoisotopic (exact) mass is 365 g/mol. The lowest BCUT2D eigenvalue weighted by molar-refractivity contribution is 0.0993. The van der Waals surface area contributed by atoms with E-state index < -0.39 is 6.17 Å². The normalized spacial score (nSPS) is 15.7. The van der Waals surface area contributed by atoms with E-state index in [9.17, 15) is 4.79 Å². The van der Waals surface area contributed by atoms with E-state index in [0.717, 1.165) is 17.1 Å². The Balaban J connectivity index is 1.75. The number of amides is 1. The van der Waals surface area contributed by atoms with Gasteiger partial charge in [0.1, 0.15) is 5.75 Å². The molecule has 1 aliphatic rings. The molecule has 0 radical (unpaired) electrons. The molecule has 0 saturated heterocycles. The summed E-state index contributed by atoms with van der Waals surface area (Å²) in [5.74, 6) is 0.642. The van der Waals surface area contributed by atoms with E-state index in [4.69, 9.17) is 16.3 Å². The number of carbonyl (C=O) groups is 1. The highest BCUT2D eigenvalue weighted by Gasteiger charge is 2.38. The predicted molar refractivity (Wildman–Crippen MR) is 102 cm³/mol. The van der Waals surface area contributed by atoms with E-state index in [2.05, 4.69) is 10.3 Å². The summed E-state index contributed by atoms with van der Waals surface area (Å²) in [5, 5.41) is 4.04. The number of carbonyl (C=O) groups excluding carboxylic acids is 1. The van der Waals surface area contributed by atoms with Crippen LogP contribution in [0.1, 0.15) is 22.2 Å². The molecule has 0 spiro atoms. The number of rotatable bonds is 4. The first-order valence-electron chi connectivity index (χ1n) is 8.12. The van der Waals surface area contributed by atoms with Crippen LogP contribution in [0, 0.1) is 0 Å². The van der Waals surface area contributed by atoms with Gasteiger partial charge in [0.25, 0.3) is 5.91 Å². The molecule has 0 fully saturated rings. The molecule has 1 unspecified atom stereocenters. The zero-order chi connectivity index (χ0) is 18.1. The molecule has 1 N–H and O–H groups in total. The lowest BCUT2D eigenvalue weighted by Gasteiger charge is -2.26. The number of hydrogen-bond acceptors (Lipinski definition) is 4. The number of nitrogens with zero attached hydrogens (tertiary/aromatic N) is 2. The SMILES string of the molecule is COc1ccc(N2C(=O)c3cccnc3C2Nc2ccc(Cl)cc2)cc1. The number of aromatic nitrogens is 1. The van der Waals surface area contributed by atoms with Crippen LogP contribution >= 0.6 is 11.6 Å². The summed E-state index contributed by atoms with van der Waals surface area (Å²) in [4.78, 5) is 19.1. The van der Waals surface area contributed by atoms with Gasteiger partial charge in [-0.2, -0.15) is 0 Å². The summed E-state index contributed by atoms with van der Waals surface area (Å²) in [6.45, 7) is 0. The van der Waals surface area contributed by atoms with Crippen LogP contribution in [0.5, 0.6) is 5.75 Å². The number of ether oxygens (including phenoxy) is 1. The molecule has 1 aromatic heterocycles. The molecule has 6 heteroatoms. The minimum Gasteiger partial charge on any atom is -0.497 e. The molecule has 0 aliphatic carbocycles. The van der Waals surface area contributed by atoms with Crippen molar-refractivity contribution in [2.24, 2.45) is 0 Å². The van der Waals surface area contributed by atoms with E-state index in [0.29, 0.717) is 16.3 Å². The number of halogens is 1. The number of anilines is 2. The second-order valence-corrected chi connectivity index (χ2v) is 6.30. The summed E-state index contributed by atoms with van der Waals surface area (Å²) < 4.78 is 5.21. The molecule has 130 valence electrons. The Hall–Kier alpha value is -3.05. The van der Waals surface area contributed by atoms with Crippen LogP contribution in [0.2, 0.25) is 5.02 Å². The summed E-state index contributed by atoms with van der Waals surface area (Å²) in [6, 6.07) is 18.3. The zero-order valence-electron chi connectivity index (χ0n) is 14.0. The van der Waals surface area contributed by atoms with Crippen LogP contribution < -0.4 is 15.0 Å². The van der Waals surface area contributed by atoms with Gasteiger partial charge in [0, 0.05) is 22.6 Å². The van der Waals surface area contributed by atoms with Gasteiger partial charge in [-0.3, -0.25) is 14.7 Å². The first-order valence-corrected chi connectivity index (χ1v) is 8.50. The molecule has 1 amide bonds. The highest BCUT2D eigenvalue weighted by Crippen LogP contribution is 2.37. The van der Waals surface area contributed by atoms with E-state index in [1.807, 2.05) is 36.4 Å². The lowest BCUT2D eigenvalue weighted by atomic mass is 10.2. The number of methoxy groups -OCH3 is 1. The summed E-state index contributed by atoms with van der Waals surface area (Å²) >= 11 is 5.97. The van der Waals surface area contributed by atoms with Gasteiger partial charge in [0.05, 0.1) is 18.4 Å². The smallest absolute Gasteiger partial charge is 0.262 e. The number of benzene rings is 2. The van der Waals surface area contributed by atoms with Crippen molar-refractivity contribution in [3.8, 4) is 5.75 Å². The number of pyridine rings is 1. The van der Waals surface area contributed by atoms with E-state index >= 15 is 0 Å². The molecule has 26 heavy (non-hydrogen) atoms. The van der Waals surface area contributed by atoms with Crippen LogP contribution in [-0.4, -0.2) is 18.0 Å². The second-order valence-electron chi connectivity index (χ2n) is 5.86. The Morgan fingerprint density at radius 1 is 1.08 bits per heavy atom. The van der Waals surface area contributed by atoms with Gasteiger partial charge < -0.3 is 10.1 Å². The Bertz CT molecular complexity index is 942. The average molecular weight is 366 g/mol. The summed E-state index contributed by atoms with van der Waals surface area (Å²) in [7, 11) is 1.61. The highest BCUT2D eigenvalue weighted by atomic mass is 35.5. The topological polar surface area (TPSA) is 54.5 Å². The summed E-state index contributed by atoms with van der Waals surface area (Å²) in [6.07, 6.45) is 1.29. The van der Waals surface area contributed by atoms with Gasteiger partial charge in [-0.05, 0) is 60.7 Å². The van der Waals surface area contributed by atoms with E-state index in [1.165, 1.54) is 0 Å². The molecule has 4 rings (SSSR count). The number of nitrogens with one attached hydrogen (secondary N) is 1. The van der Waals surface area contributed by atoms with Crippen LogP contribution in [0.25, 0.3) is 0 Å². The van der Waals surface area contributed by atoms with Crippen molar-refractivity contribution in [1.82, 2.24) is 4.98 Å². The predicted octanol–water partition coefficient (Wildman–Crippen LogP) is 4.51. The third-order valence-electron chi connectivity index (χ3n) is 4.30. The first kappa shape index (κ1) is 16.4. The Kier molecular flexibility index (Phi) is 4.22. The van der Waals surface area contributed by atoms with Crippen molar-refractivity contribution < 1.29 is 9.53 Å². The standard InChI is InChI=1S/C20H16ClN3O2/c1-26-16-10-8-15(9-11-16)24-19(23-14-6-4-13(21)5-7-14)18-17(20(24)25)3-2-12-22-18/h2-12,19,23H,1H3. The molecule has 5 nitrogen and oxygen atoms in total. The second kappa shape index (κ2) is 6.69. The van der Waals surface area contributed by atoms with Crippen molar-refractivity contribution in [3.63, 3.8) is 0 Å². The quantitative estimate of drug-likeness (QED) is 0.738. The molecular weight excluding hydrogens is 350 g/mol. The van der Waals surface area contributed by atoms with Crippen LogP contribution in [-0.2, 0) is 0 Å². The third kappa shape index (κ3) is 2.86. The molecule has 0 bridgehead atoms. The maximum Gasteiger partial charge on any atom is 0.262 e. The lowest BCUT2D eigenvalue weighted by Crippen LogP contribution is -2.32. The van der Waals surface area contributed by atoms with Crippen molar-refractivity contribution in [3.05, 3.63) is 83.1 Å². The van der Waals surface area contributed by atoms with Crippen molar-refractivity contribution in [1.29, 1.82) is 0 Å². The van der Waals surface area contributed by atoms with Crippen molar-refractivity contribution in [2.45, 2.75) is 6.17 Å². The molecule has 3 aromatic rings. The molecule has 0 saturated carbocycles. The average Bonchev–Trinajstić information content (AvgIpc) is 2.96. The highest BCUT2D eigenvalue weighted by molar-refractivity contribution is 6.30. The maximum atomic E-state index is 13.0. The van der Waals surface area contributed by atoms with Gasteiger partial charge in [0.15, 0.2) is 6.17 Å². The van der Waals surface area contributed by atoms with Gasteiger partial charge >= 0.3 is 0 Å². The van der Waals surface area contributed by atoms with Crippen LogP contribution in [0.15, 0.2) is 66.9 Å². The van der Waals surface area contributed by atoms with E-state index in [1.54, 1.807) is 42.5 Å². The Labute approximate surface area is 156 Å². The van der Waals surface area contributed by atoms with Crippen LogP contribution in [0.4, 0.5) is 11.4 Å². The molecule has 1 aliphatic heterocycles. The first-order chi connectivity index (χ1) is 12.7. The third-order valence-corrected chi connectivity index (χ3v) is 4.56. The molecule has 2 heterocycles. The Morgan fingerprint density at radius 3 is 2.50 bits per heavy atom. The van der Waals surface area contributed by atoms with Gasteiger partial charge in [0.2, 0.25) is 0 Å². The fourth-order valence-corrected chi connectivity index (χ4v) is 3.16. The fourth-order valence-electron chi connectivity index (χ4n) is 3.03. The minimum atomic E-state index is -0.409. The molecular formula is C20H16ClN3O2. The molecule has 2 aromatic carbocycles. The minimum absolute atomic E-state index is 0.0928. The van der Waals surface area contributed by atoms with Gasteiger partial charge in [-0.25, -0.2) is 0 Å². The maximum absolute atomic E-state index is 13.0. The fraction of sp³-hybridized carbons (Fsp3) is 0.100. The van der Waals surface area contributed by atoms with E-state index in [-0.39, 0.29) is 5.91 Å². The molecule has 1 atom stereocenters. The Morgan fingerprint density at radius 2 is 1.81 bits per heavy atom. The zero-order valence-corrected chi connectivity index (χ0v) is 14.8. The largest absolute Gasteiger partial charge is 0.497 e. The summed E-state index contributed by atoms with van der Waals surface area (Å²) in [5.41, 5.74) is 2.91. The number of fused-ring (bicyclic) bond motifs is 1. The van der Waals surface area contributed by atoms with Crippen molar-refractivity contribution >= 4 is 28.9 Å². The van der Waals surface area contributed by atoms with Gasteiger partial charge in [-0.1, -0.05) is 11.6 Å². The van der Waals surface area contributed by atoms with Gasteiger partial charge in [-0.15, -0.1) is 0 Å². The van der Waals surface area contributed by atoms with Crippen LogP contribution in [0.3, 0.4) is 0 Å². The van der Waals surface area contributed by atoms with Crippen molar-refractivity contribution in [2.75, 3.05) is 17.3 Å².